The van der Waals surface area contributed by atoms with E-state index in [9.17, 15) is 0 Å². The number of likely N-dealkylation sites (tertiary alicyclic amines) is 1. The normalized spacial score (nSPS) is 15.9. The first-order valence-electron chi connectivity index (χ1n) is 10.9. The number of nitrogens with two attached hydrogens (primary N) is 2. The monoisotopic (exact) mass is 465 g/mol. The molecule has 3 aromatic rings. The first kappa shape index (κ1) is 23.0. The molecular weight excluding hydrogens is 438 g/mol. The Kier molecular flexibility index (Phi) is 7.72. The molecule has 4 rings (SSSR count). The molecule has 0 bridgehead atoms. The zero-order valence-electron chi connectivity index (χ0n) is 18.3. The Hall–Kier alpha value is -3.20. The third-order valence-electron chi connectivity index (χ3n) is 5.53. The molecular formula is C24H28ClN7O. The van der Waals surface area contributed by atoms with Gasteiger partial charge in [0.05, 0.1) is 28.4 Å². The number of aromatic nitrogens is 2. The second-order valence-electron chi connectivity index (χ2n) is 7.93. The summed E-state index contributed by atoms with van der Waals surface area (Å²) in [5.74, 6) is 1.05. The van der Waals surface area contributed by atoms with E-state index < -0.39 is 0 Å². The second-order valence-corrected chi connectivity index (χ2v) is 8.34. The van der Waals surface area contributed by atoms with Gasteiger partial charge in [0.25, 0.3) is 0 Å². The lowest BCUT2D eigenvalue weighted by Gasteiger charge is -2.30. The number of nitrogens with zero attached hydrogens (tertiary/aromatic N) is 4. The largest absolute Gasteiger partial charge is 0.486 e. The number of amidine groups is 1. The molecule has 1 aromatic carbocycles. The number of ether oxygens (including phenoxy) is 1. The van der Waals surface area contributed by atoms with Crippen LogP contribution in [0.25, 0.3) is 0 Å². The van der Waals surface area contributed by atoms with Crippen LogP contribution in [0.3, 0.4) is 0 Å². The van der Waals surface area contributed by atoms with Crippen molar-refractivity contribution in [3.8, 4) is 5.75 Å². The number of aromatic amines is 1. The number of hydrogen-bond donors (Lipinski definition) is 3. The van der Waals surface area contributed by atoms with Crippen molar-refractivity contribution < 1.29 is 4.74 Å². The van der Waals surface area contributed by atoms with E-state index in [1.807, 2.05) is 36.5 Å². The fourth-order valence-corrected chi connectivity index (χ4v) is 3.98. The molecule has 1 aliphatic heterocycles. The van der Waals surface area contributed by atoms with Crippen LogP contribution in [-0.2, 0) is 13.2 Å². The van der Waals surface area contributed by atoms with E-state index in [2.05, 4.69) is 19.9 Å². The molecule has 0 radical (unpaired) electrons. The predicted molar refractivity (Wildman–Crippen MR) is 132 cm³/mol. The lowest BCUT2D eigenvalue weighted by atomic mass is 10.1. The fraction of sp³-hybridized carbons (Fsp3) is 0.292. The molecule has 0 spiro atoms. The van der Waals surface area contributed by atoms with Crippen molar-refractivity contribution in [1.29, 1.82) is 0 Å². The first-order valence-corrected chi connectivity index (χ1v) is 11.3. The Labute approximate surface area is 198 Å². The highest BCUT2D eigenvalue weighted by Crippen LogP contribution is 2.30. The summed E-state index contributed by atoms with van der Waals surface area (Å²) in [6, 6.07) is 13.4. The molecule has 5 N–H and O–H groups in total. The van der Waals surface area contributed by atoms with Crippen molar-refractivity contribution >= 4 is 29.5 Å². The highest BCUT2D eigenvalue weighted by atomic mass is 35.5. The second kappa shape index (κ2) is 11.1. The van der Waals surface area contributed by atoms with Gasteiger partial charge >= 0.3 is 0 Å². The Morgan fingerprint density at radius 3 is 2.82 bits per heavy atom. The summed E-state index contributed by atoms with van der Waals surface area (Å²) in [7, 11) is 0. The number of benzene rings is 1. The predicted octanol–water partition coefficient (Wildman–Crippen LogP) is 3.63. The number of halogens is 1. The van der Waals surface area contributed by atoms with E-state index in [1.165, 1.54) is 6.34 Å². The van der Waals surface area contributed by atoms with Gasteiger partial charge in [-0.1, -0.05) is 17.7 Å². The standard InChI is InChI=1S/C24H28ClN7O/c25-21-13-19(4-5-22(21)33-15-20-3-1-2-9-28-20)31-24(30-16-26)23-17(6-10-29-23)14-32-11-7-18(27)8-12-32/h1-6,9-10,13,16,18,29H,7-8,11-12,14-15,27H2,(H2,26,30,31). The summed E-state index contributed by atoms with van der Waals surface area (Å²) < 4.78 is 5.80. The molecule has 0 aliphatic carbocycles. The van der Waals surface area contributed by atoms with Gasteiger partial charge in [-0.15, -0.1) is 0 Å². The fourth-order valence-electron chi connectivity index (χ4n) is 3.75. The van der Waals surface area contributed by atoms with Gasteiger partial charge in [0.1, 0.15) is 12.4 Å². The van der Waals surface area contributed by atoms with Crippen LogP contribution in [0.2, 0.25) is 5.02 Å². The van der Waals surface area contributed by atoms with Crippen LogP contribution in [0.1, 0.15) is 29.8 Å². The van der Waals surface area contributed by atoms with Crippen molar-refractivity contribution in [2.45, 2.75) is 32.0 Å². The van der Waals surface area contributed by atoms with Crippen molar-refractivity contribution in [2.24, 2.45) is 21.5 Å². The van der Waals surface area contributed by atoms with Crippen LogP contribution >= 0.6 is 11.6 Å². The summed E-state index contributed by atoms with van der Waals surface area (Å²) in [5.41, 5.74) is 15.1. The maximum atomic E-state index is 6.45. The number of H-pyrrole nitrogens is 1. The third-order valence-corrected chi connectivity index (χ3v) is 5.83. The maximum absolute atomic E-state index is 6.45. The molecule has 0 unspecified atom stereocenters. The maximum Gasteiger partial charge on any atom is 0.178 e. The summed E-state index contributed by atoms with van der Waals surface area (Å²) in [5, 5.41) is 0.458. The molecule has 0 atom stereocenters. The third kappa shape index (κ3) is 6.19. The lowest BCUT2D eigenvalue weighted by Crippen LogP contribution is -2.39. The molecule has 0 saturated carbocycles. The van der Waals surface area contributed by atoms with E-state index in [1.54, 1.807) is 18.3 Å². The van der Waals surface area contributed by atoms with Gasteiger partial charge in [0.2, 0.25) is 0 Å². The van der Waals surface area contributed by atoms with E-state index in [0.29, 0.717) is 34.9 Å². The van der Waals surface area contributed by atoms with Gasteiger partial charge in [-0.2, -0.15) is 0 Å². The van der Waals surface area contributed by atoms with E-state index in [4.69, 9.17) is 32.8 Å². The lowest BCUT2D eigenvalue weighted by molar-refractivity contribution is 0.205. The SMILES string of the molecule is NC=NC(=Nc1ccc(OCc2ccccn2)c(Cl)c1)c1[nH]ccc1CN1CCC(N)CC1. The summed E-state index contributed by atoms with van der Waals surface area (Å²) >= 11 is 6.45. The Morgan fingerprint density at radius 2 is 2.09 bits per heavy atom. The van der Waals surface area contributed by atoms with Gasteiger partial charge < -0.3 is 21.2 Å². The highest BCUT2D eigenvalue weighted by Gasteiger charge is 2.19. The van der Waals surface area contributed by atoms with Gasteiger partial charge in [-0.25, -0.2) is 9.98 Å². The van der Waals surface area contributed by atoms with Gasteiger partial charge in [0.15, 0.2) is 5.84 Å². The quantitative estimate of drug-likeness (QED) is 0.363. The van der Waals surface area contributed by atoms with Gasteiger partial charge in [-0.3, -0.25) is 9.88 Å². The minimum Gasteiger partial charge on any atom is -0.486 e. The zero-order valence-corrected chi connectivity index (χ0v) is 19.1. The van der Waals surface area contributed by atoms with Crippen LogP contribution in [-0.4, -0.2) is 46.2 Å². The molecule has 2 aromatic heterocycles. The van der Waals surface area contributed by atoms with Crippen LogP contribution in [0.15, 0.2) is 64.8 Å². The highest BCUT2D eigenvalue weighted by molar-refractivity contribution is 6.32. The molecule has 1 saturated heterocycles. The number of hydrogen-bond acceptors (Lipinski definition) is 5. The summed E-state index contributed by atoms with van der Waals surface area (Å²) in [6.45, 7) is 3.09. The summed E-state index contributed by atoms with van der Waals surface area (Å²) in [4.78, 5) is 18.9. The molecule has 1 aliphatic rings. The molecule has 172 valence electrons. The molecule has 8 nitrogen and oxygen atoms in total. The van der Waals surface area contributed by atoms with E-state index in [0.717, 1.165) is 49.4 Å². The Balaban J connectivity index is 1.50. The smallest absolute Gasteiger partial charge is 0.178 e. The number of rotatable bonds is 7. The summed E-state index contributed by atoms with van der Waals surface area (Å²) in [6.07, 6.45) is 6.88. The van der Waals surface area contributed by atoms with Crippen LogP contribution < -0.4 is 16.2 Å². The number of nitrogens with one attached hydrogen (secondary N) is 1. The molecule has 1 fully saturated rings. The molecule has 9 heteroatoms. The number of aliphatic imine (C=N–C) groups is 2. The van der Waals surface area contributed by atoms with E-state index in [-0.39, 0.29) is 0 Å². The zero-order chi connectivity index (χ0) is 23.0. The van der Waals surface area contributed by atoms with Crippen molar-refractivity contribution in [1.82, 2.24) is 14.9 Å². The minimum atomic E-state index is 0.298. The Bertz CT molecular complexity index is 1110. The van der Waals surface area contributed by atoms with Crippen LogP contribution in [0, 0.1) is 0 Å². The molecule has 33 heavy (non-hydrogen) atoms. The van der Waals surface area contributed by atoms with Crippen molar-refractivity contribution in [2.75, 3.05) is 13.1 Å². The minimum absolute atomic E-state index is 0.298. The van der Waals surface area contributed by atoms with Crippen LogP contribution in [0.5, 0.6) is 5.75 Å². The number of pyridine rings is 1. The van der Waals surface area contributed by atoms with Crippen molar-refractivity contribution in [3.63, 3.8) is 0 Å². The topological polar surface area (TPSA) is 118 Å². The average molecular weight is 466 g/mol. The van der Waals surface area contributed by atoms with Gasteiger partial charge in [-0.05, 0) is 67.9 Å². The number of piperidine rings is 1. The first-order chi connectivity index (χ1) is 16.1. The van der Waals surface area contributed by atoms with Crippen molar-refractivity contribution in [3.05, 3.63) is 76.8 Å². The molecule has 3 heterocycles. The van der Waals surface area contributed by atoms with E-state index >= 15 is 0 Å². The van der Waals surface area contributed by atoms with Crippen LogP contribution in [0.4, 0.5) is 5.69 Å². The average Bonchev–Trinajstić information content (AvgIpc) is 3.28. The molecule has 0 amide bonds. The van der Waals surface area contributed by atoms with Gasteiger partial charge in [0, 0.05) is 25.0 Å². The Morgan fingerprint density at radius 1 is 1.24 bits per heavy atom.